The van der Waals surface area contributed by atoms with Gasteiger partial charge in [-0.15, -0.1) is 0 Å². The van der Waals surface area contributed by atoms with Crippen LogP contribution in [0.1, 0.15) is 29.0 Å². The molecule has 2 rings (SSSR count). The van der Waals surface area contributed by atoms with Gasteiger partial charge in [-0.25, -0.2) is 0 Å². The van der Waals surface area contributed by atoms with Gasteiger partial charge in [0.2, 0.25) is 5.76 Å². The maximum absolute atomic E-state index is 12.3. The summed E-state index contributed by atoms with van der Waals surface area (Å²) in [6.45, 7) is 0. The van der Waals surface area contributed by atoms with Crippen molar-refractivity contribution in [3.63, 3.8) is 0 Å². The third-order valence-electron chi connectivity index (χ3n) is 2.08. The highest BCUT2D eigenvalue weighted by atomic mass is 19.4. The van der Waals surface area contributed by atoms with Crippen molar-refractivity contribution in [2.45, 2.75) is 25.1 Å². The number of carbonyl (C=O) groups excluding carboxylic acids is 1. The van der Waals surface area contributed by atoms with Crippen LogP contribution in [-0.2, 0) is 6.18 Å². The molecule has 0 aromatic carbocycles. The van der Waals surface area contributed by atoms with E-state index in [1.165, 1.54) is 0 Å². The van der Waals surface area contributed by atoms with E-state index in [1.54, 1.807) is 0 Å². The number of carbonyl (C=O) groups is 1. The molecule has 0 spiro atoms. The Balaban J connectivity index is 2.19. The number of furan rings is 1. The van der Waals surface area contributed by atoms with Crippen LogP contribution in [0.15, 0.2) is 16.7 Å². The molecule has 3 nitrogen and oxygen atoms in total. The third kappa shape index (κ3) is 2.14. The van der Waals surface area contributed by atoms with Gasteiger partial charge in [0.1, 0.15) is 0 Å². The smallest absolute Gasteiger partial charge is 0.450 e. The standard InChI is InChI=1S/C9H8F3NO2/c10-9(11,12)7-6(3-4-15-7)8(14)13-5-1-2-5/h3-5H,1-2H2,(H,13,14). The molecular weight excluding hydrogens is 211 g/mol. The monoisotopic (exact) mass is 219 g/mol. The normalized spacial score (nSPS) is 16.5. The average molecular weight is 219 g/mol. The second-order valence-corrected chi connectivity index (χ2v) is 3.41. The van der Waals surface area contributed by atoms with E-state index in [2.05, 4.69) is 9.73 Å². The average Bonchev–Trinajstić information content (AvgIpc) is 2.80. The van der Waals surface area contributed by atoms with Gasteiger partial charge in [-0.1, -0.05) is 0 Å². The van der Waals surface area contributed by atoms with Crippen LogP contribution in [0.2, 0.25) is 0 Å². The molecule has 1 aliphatic rings. The van der Waals surface area contributed by atoms with Gasteiger partial charge in [0, 0.05) is 6.04 Å². The van der Waals surface area contributed by atoms with E-state index in [0.717, 1.165) is 25.2 Å². The molecule has 0 bridgehead atoms. The molecular formula is C9H8F3NO2. The Morgan fingerprint density at radius 2 is 2.13 bits per heavy atom. The molecule has 1 aliphatic carbocycles. The molecule has 1 aromatic rings. The maximum atomic E-state index is 12.3. The largest absolute Gasteiger partial charge is 0.459 e. The van der Waals surface area contributed by atoms with Gasteiger partial charge < -0.3 is 9.73 Å². The van der Waals surface area contributed by atoms with Crippen LogP contribution in [0, 0.1) is 0 Å². The van der Waals surface area contributed by atoms with E-state index in [9.17, 15) is 18.0 Å². The summed E-state index contributed by atoms with van der Waals surface area (Å²) >= 11 is 0. The zero-order valence-electron chi connectivity index (χ0n) is 7.60. The van der Waals surface area contributed by atoms with Crippen molar-refractivity contribution < 1.29 is 22.4 Å². The van der Waals surface area contributed by atoms with Gasteiger partial charge in [-0.3, -0.25) is 4.79 Å². The summed E-state index contributed by atoms with van der Waals surface area (Å²) in [5.74, 6) is -1.96. The topological polar surface area (TPSA) is 42.2 Å². The van der Waals surface area contributed by atoms with Gasteiger partial charge in [-0.2, -0.15) is 13.2 Å². The lowest BCUT2D eigenvalue weighted by atomic mass is 10.2. The Hall–Kier alpha value is -1.46. The van der Waals surface area contributed by atoms with Gasteiger partial charge in [0.15, 0.2) is 0 Å². The minimum Gasteiger partial charge on any atom is -0.459 e. The van der Waals surface area contributed by atoms with E-state index < -0.39 is 23.4 Å². The zero-order valence-corrected chi connectivity index (χ0v) is 7.60. The first-order valence-electron chi connectivity index (χ1n) is 4.44. The van der Waals surface area contributed by atoms with Crippen LogP contribution in [0.25, 0.3) is 0 Å². The number of hydrogen-bond acceptors (Lipinski definition) is 2. The second-order valence-electron chi connectivity index (χ2n) is 3.41. The van der Waals surface area contributed by atoms with E-state index in [0.29, 0.717) is 0 Å². The summed E-state index contributed by atoms with van der Waals surface area (Å²) in [7, 11) is 0. The van der Waals surface area contributed by atoms with E-state index in [4.69, 9.17) is 0 Å². The Bertz CT molecular complexity index is 379. The molecule has 82 valence electrons. The van der Waals surface area contributed by atoms with Crippen LogP contribution in [0.5, 0.6) is 0 Å². The lowest BCUT2D eigenvalue weighted by molar-refractivity contribution is -0.153. The quantitative estimate of drug-likeness (QED) is 0.828. The number of hydrogen-bond donors (Lipinski definition) is 1. The molecule has 1 N–H and O–H groups in total. The van der Waals surface area contributed by atoms with E-state index in [-0.39, 0.29) is 6.04 Å². The second kappa shape index (κ2) is 3.29. The molecule has 1 aromatic heterocycles. The SMILES string of the molecule is O=C(NC1CC1)c1ccoc1C(F)(F)F. The molecule has 1 fully saturated rings. The number of alkyl halides is 3. The fraction of sp³-hybridized carbons (Fsp3) is 0.444. The first-order valence-corrected chi connectivity index (χ1v) is 4.44. The summed E-state index contributed by atoms with van der Waals surface area (Å²) in [6.07, 6.45) is -2.11. The highest BCUT2D eigenvalue weighted by Crippen LogP contribution is 2.33. The van der Waals surface area contributed by atoms with Crippen LogP contribution in [0.4, 0.5) is 13.2 Å². The summed E-state index contributed by atoms with van der Waals surface area (Å²) in [6, 6.07) is 1.05. The van der Waals surface area contributed by atoms with Crippen molar-refractivity contribution in [1.29, 1.82) is 0 Å². The lowest BCUT2D eigenvalue weighted by Gasteiger charge is -2.06. The van der Waals surface area contributed by atoms with Crippen LogP contribution in [0.3, 0.4) is 0 Å². The molecule has 0 saturated heterocycles. The Kier molecular flexibility index (Phi) is 2.21. The molecule has 0 atom stereocenters. The van der Waals surface area contributed by atoms with Gasteiger partial charge >= 0.3 is 6.18 Å². The third-order valence-corrected chi connectivity index (χ3v) is 2.08. The lowest BCUT2D eigenvalue weighted by Crippen LogP contribution is -2.27. The van der Waals surface area contributed by atoms with Crippen molar-refractivity contribution in [3.05, 3.63) is 23.7 Å². The molecule has 0 aliphatic heterocycles. The van der Waals surface area contributed by atoms with Gasteiger partial charge in [0.05, 0.1) is 11.8 Å². The van der Waals surface area contributed by atoms with Gasteiger partial charge in [-0.05, 0) is 18.9 Å². The van der Waals surface area contributed by atoms with E-state index >= 15 is 0 Å². The summed E-state index contributed by atoms with van der Waals surface area (Å²) in [5.41, 5.74) is -0.450. The predicted octanol–water partition coefficient (Wildman–Crippen LogP) is 2.19. The van der Waals surface area contributed by atoms with Gasteiger partial charge in [0.25, 0.3) is 5.91 Å². The zero-order chi connectivity index (χ0) is 11.1. The fourth-order valence-electron chi connectivity index (χ4n) is 1.20. The molecule has 1 saturated carbocycles. The number of amides is 1. The Morgan fingerprint density at radius 1 is 1.47 bits per heavy atom. The summed E-state index contributed by atoms with van der Waals surface area (Å²) in [5, 5.41) is 2.47. The van der Waals surface area contributed by atoms with Crippen LogP contribution in [-0.4, -0.2) is 11.9 Å². The predicted molar refractivity (Wildman–Crippen MR) is 44.2 cm³/mol. The van der Waals surface area contributed by atoms with Crippen molar-refractivity contribution in [1.82, 2.24) is 5.32 Å². The highest BCUT2D eigenvalue weighted by molar-refractivity contribution is 5.95. The fourth-order valence-corrected chi connectivity index (χ4v) is 1.20. The van der Waals surface area contributed by atoms with Crippen molar-refractivity contribution in [2.24, 2.45) is 0 Å². The number of nitrogens with one attached hydrogen (secondary N) is 1. The summed E-state index contributed by atoms with van der Waals surface area (Å²) in [4.78, 5) is 11.4. The maximum Gasteiger partial charge on any atom is 0.450 e. The minimum absolute atomic E-state index is 0.0217. The molecule has 6 heteroatoms. The molecule has 15 heavy (non-hydrogen) atoms. The van der Waals surface area contributed by atoms with E-state index in [1.807, 2.05) is 0 Å². The molecule has 0 radical (unpaired) electrons. The molecule has 1 amide bonds. The minimum atomic E-state index is -4.63. The Labute approximate surface area is 83.3 Å². The highest BCUT2D eigenvalue weighted by Gasteiger charge is 2.39. The number of halogens is 3. The first-order chi connectivity index (χ1) is 6.98. The van der Waals surface area contributed by atoms with Crippen molar-refractivity contribution in [2.75, 3.05) is 0 Å². The van der Waals surface area contributed by atoms with Crippen molar-refractivity contribution in [3.8, 4) is 0 Å². The van der Waals surface area contributed by atoms with Crippen molar-refractivity contribution >= 4 is 5.91 Å². The van der Waals surface area contributed by atoms with Crippen LogP contribution >= 0.6 is 0 Å². The Morgan fingerprint density at radius 3 is 2.67 bits per heavy atom. The molecule has 0 unspecified atom stereocenters. The summed E-state index contributed by atoms with van der Waals surface area (Å²) < 4.78 is 41.2. The van der Waals surface area contributed by atoms with Crippen LogP contribution < -0.4 is 5.32 Å². The molecule has 1 heterocycles. The first kappa shape index (κ1) is 10.1. The number of rotatable bonds is 2.